The highest BCUT2D eigenvalue weighted by atomic mass is 16.1. The molecule has 3 rings (SSSR count). The molecule has 1 aromatic carbocycles. The molecule has 1 aromatic heterocycles. The van der Waals surface area contributed by atoms with E-state index in [0.29, 0.717) is 5.95 Å². The summed E-state index contributed by atoms with van der Waals surface area (Å²) < 4.78 is 1.06. The number of benzene rings is 1. The first-order chi connectivity index (χ1) is 10.2. The first-order valence-corrected chi connectivity index (χ1v) is 6.95. The lowest BCUT2D eigenvalue weighted by Crippen LogP contribution is -2.48. The van der Waals surface area contributed by atoms with E-state index in [-0.39, 0.29) is 5.56 Å². The Labute approximate surface area is 122 Å². The van der Waals surface area contributed by atoms with Crippen LogP contribution in [0.15, 0.2) is 41.3 Å². The lowest BCUT2D eigenvalue weighted by molar-refractivity contribution is 0.248. The summed E-state index contributed by atoms with van der Waals surface area (Å²) in [5.41, 5.74) is 0.966. The van der Waals surface area contributed by atoms with Gasteiger partial charge in [-0.2, -0.15) is 4.68 Å². The fourth-order valence-corrected chi connectivity index (χ4v) is 2.50. The fraction of sp³-hybridized carbons (Fsp3) is 0.357. The van der Waals surface area contributed by atoms with E-state index >= 15 is 0 Å². The van der Waals surface area contributed by atoms with Crippen LogP contribution in [0.3, 0.4) is 0 Å². The van der Waals surface area contributed by atoms with E-state index in [9.17, 15) is 4.79 Å². The molecule has 1 aliphatic rings. The van der Waals surface area contributed by atoms with Gasteiger partial charge in [-0.1, -0.05) is 30.3 Å². The largest absolute Gasteiger partial charge is 0.337 e. The van der Waals surface area contributed by atoms with Gasteiger partial charge in [0.25, 0.3) is 5.56 Å². The molecule has 21 heavy (non-hydrogen) atoms. The predicted molar refractivity (Wildman–Crippen MR) is 80.4 cm³/mol. The van der Waals surface area contributed by atoms with E-state index in [0.717, 1.165) is 43.6 Å². The maximum Gasteiger partial charge on any atom is 0.292 e. The van der Waals surface area contributed by atoms with E-state index in [1.54, 1.807) is 0 Å². The number of piperazine rings is 1. The minimum absolute atomic E-state index is 0.341. The summed E-state index contributed by atoms with van der Waals surface area (Å²) in [5.74, 6) is 6.15. The van der Waals surface area contributed by atoms with E-state index in [1.807, 2.05) is 11.0 Å². The van der Waals surface area contributed by atoms with Crippen LogP contribution in [0.4, 0.5) is 5.95 Å². The monoisotopic (exact) mass is 286 g/mol. The van der Waals surface area contributed by atoms with E-state index in [4.69, 9.17) is 5.84 Å². The van der Waals surface area contributed by atoms with Crippen molar-refractivity contribution in [3.63, 3.8) is 0 Å². The van der Waals surface area contributed by atoms with Crippen LogP contribution in [-0.2, 0) is 6.54 Å². The summed E-state index contributed by atoms with van der Waals surface area (Å²) in [6.07, 6.45) is 1.12. The van der Waals surface area contributed by atoms with Gasteiger partial charge in [-0.15, -0.1) is 10.2 Å². The number of nitrogens with zero attached hydrogens (tertiary/aromatic N) is 5. The first kappa shape index (κ1) is 13.6. The van der Waals surface area contributed by atoms with Gasteiger partial charge < -0.3 is 10.7 Å². The Morgan fingerprint density at radius 1 is 1.10 bits per heavy atom. The second-order valence-electron chi connectivity index (χ2n) is 5.10. The lowest BCUT2D eigenvalue weighted by Gasteiger charge is -2.35. The number of anilines is 1. The summed E-state index contributed by atoms with van der Waals surface area (Å²) in [6, 6.07) is 10.4. The molecular weight excluding hydrogens is 268 g/mol. The third-order valence-corrected chi connectivity index (χ3v) is 3.67. The Morgan fingerprint density at radius 3 is 2.52 bits per heavy atom. The molecule has 0 bridgehead atoms. The molecule has 0 amide bonds. The highest BCUT2D eigenvalue weighted by molar-refractivity contribution is 5.30. The van der Waals surface area contributed by atoms with Gasteiger partial charge in [-0.3, -0.25) is 9.69 Å². The molecule has 7 heteroatoms. The number of aromatic nitrogens is 3. The van der Waals surface area contributed by atoms with Crippen molar-refractivity contribution in [3.8, 4) is 0 Å². The van der Waals surface area contributed by atoms with Crippen molar-refractivity contribution in [1.29, 1.82) is 0 Å². The van der Waals surface area contributed by atoms with Crippen LogP contribution in [0, 0.1) is 0 Å². The number of rotatable bonds is 3. The molecule has 0 radical (unpaired) electrons. The van der Waals surface area contributed by atoms with Crippen LogP contribution < -0.4 is 16.3 Å². The molecule has 2 heterocycles. The van der Waals surface area contributed by atoms with Crippen molar-refractivity contribution < 1.29 is 0 Å². The molecule has 110 valence electrons. The van der Waals surface area contributed by atoms with Gasteiger partial charge in [0.05, 0.1) is 0 Å². The smallest absolute Gasteiger partial charge is 0.292 e. The van der Waals surface area contributed by atoms with E-state index in [2.05, 4.69) is 39.4 Å². The first-order valence-electron chi connectivity index (χ1n) is 6.95. The van der Waals surface area contributed by atoms with E-state index < -0.39 is 0 Å². The van der Waals surface area contributed by atoms with Crippen molar-refractivity contribution >= 4 is 5.95 Å². The summed E-state index contributed by atoms with van der Waals surface area (Å²) >= 11 is 0. The maximum absolute atomic E-state index is 11.5. The van der Waals surface area contributed by atoms with Crippen LogP contribution in [0.5, 0.6) is 0 Å². The molecule has 0 saturated carbocycles. The SMILES string of the molecule is Nn1c(N2CCN(Cc3ccccc3)CC2)nncc1=O. The molecule has 7 nitrogen and oxygen atoms in total. The highest BCUT2D eigenvalue weighted by Gasteiger charge is 2.20. The number of nitrogens with two attached hydrogens (primary N) is 1. The van der Waals surface area contributed by atoms with Gasteiger partial charge in [-0.25, -0.2) is 0 Å². The van der Waals surface area contributed by atoms with Gasteiger partial charge in [0.15, 0.2) is 0 Å². The molecule has 0 spiro atoms. The van der Waals surface area contributed by atoms with Crippen LogP contribution in [0.1, 0.15) is 5.56 Å². The zero-order chi connectivity index (χ0) is 14.7. The molecule has 1 fully saturated rings. The van der Waals surface area contributed by atoms with Crippen LogP contribution >= 0.6 is 0 Å². The zero-order valence-corrected chi connectivity index (χ0v) is 11.7. The average molecular weight is 286 g/mol. The van der Waals surface area contributed by atoms with Crippen LogP contribution in [0.2, 0.25) is 0 Å². The summed E-state index contributed by atoms with van der Waals surface area (Å²) in [5, 5.41) is 7.66. The second-order valence-corrected chi connectivity index (χ2v) is 5.10. The number of hydrogen-bond acceptors (Lipinski definition) is 6. The topological polar surface area (TPSA) is 80.3 Å². The Morgan fingerprint density at radius 2 is 1.81 bits per heavy atom. The van der Waals surface area contributed by atoms with Gasteiger partial charge >= 0.3 is 0 Å². The number of nitrogen functional groups attached to an aromatic ring is 1. The van der Waals surface area contributed by atoms with Crippen molar-refractivity contribution in [2.75, 3.05) is 36.9 Å². The number of hydrogen-bond donors (Lipinski definition) is 1. The summed E-state index contributed by atoms with van der Waals surface area (Å²) in [6.45, 7) is 4.30. The Hall–Kier alpha value is -2.41. The molecular formula is C14H18N6O. The minimum Gasteiger partial charge on any atom is -0.337 e. The van der Waals surface area contributed by atoms with Gasteiger partial charge in [0.1, 0.15) is 6.20 Å². The standard InChI is InChI=1S/C14H18N6O/c15-20-13(21)10-16-17-14(20)19-8-6-18(7-9-19)11-12-4-2-1-3-5-12/h1-5,10H,6-9,11,15H2. The normalized spacial score (nSPS) is 16.1. The lowest BCUT2D eigenvalue weighted by atomic mass is 10.2. The Balaban J connectivity index is 1.63. The molecule has 0 unspecified atom stereocenters. The summed E-state index contributed by atoms with van der Waals surface area (Å²) in [4.78, 5) is 15.9. The molecule has 2 aromatic rings. The van der Waals surface area contributed by atoms with Crippen LogP contribution in [0.25, 0.3) is 0 Å². The third-order valence-electron chi connectivity index (χ3n) is 3.67. The van der Waals surface area contributed by atoms with Crippen molar-refractivity contribution in [1.82, 2.24) is 19.8 Å². The van der Waals surface area contributed by atoms with Gasteiger partial charge in [0.2, 0.25) is 5.95 Å². The molecule has 0 atom stereocenters. The third kappa shape index (κ3) is 3.03. The molecule has 2 N–H and O–H groups in total. The maximum atomic E-state index is 11.5. The Bertz CT molecular complexity index is 648. The molecule has 1 saturated heterocycles. The van der Waals surface area contributed by atoms with Gasteiger partial charge in [-0.05, 0) is 5.56 Å². The average Bonchev–Trinajstić information content (AvgIpc) is 2.52. The van der Waals surface area contributed by atoms with Crippen LogP contribution in [-0.4, -0.2) is 46.0 Å². The Kier molecular flexibility index (Phi) is 3.83. The van der Waals surface area contributed by atoms with Gasteiger partial charge in [0, 0.05) is 32.7 Å². The minimum atomic E-state index is -0.341. The quantitative estimate of drug-likeness (QED) is 0.779. The van der Waals surface area contributed by atoms with Crippen molar-refractivity contribution in [3.05, 3.63) is 52.4 Å². The van der Waals surface area contributed by atoms with Crippen molar-refractivity contribution in [2.24, 2.45) is 0 Å². The van der Waals surface area contributed by atoms with E-state index in [1.165, 1.54) is 5.56 Å². The fourth-order valence-electron chi connectivity index (χ4n) is 2.50. The van der Waals surface area contributed by atoms with Crippen molar-refractivity contribution in [2.45, 2.75) is 6.54 Å². The highest BCUT2D eigenvalue weighted by Crippen LogP contribution is 2.12. The summed E-state index contributed by atoms with van der Waals surface area (Å²) in [7, 11) is 0. The zero-order valence-electron chi connectivity index (χ0n) is 11.7. The molecule has 0 aliphatic carbocycles. The predicted octanol–water partition coefficient (Wildman–Crippen LogP) is -0.326. The molecule has 1 aliphatic heterocycles. The second kappa shape index (κ2) is 5.92.